The van der Waals surface area contributed by atoms with E-state index in [2.05, 4.69) is 32.5 Å². The first-order valence-corrected chi connectivity index (χ1v) is 11.0. The molecular formula is C23H35N5O. The molecule has 1 saturated carbocycles. The van der Waals surface area contributed by atoms with E-state index >= 15 is 0 Å². The number of H-pyrrole nitrogens is 1. The molecule has 29 heavy (non-hydrogen) atoms. The van der Waals surface area contributed by atoms with E-state index in [-0.39, 0.29) is 5.91 Å². The third-order valence-corrected chi connectivity index (χ3v) is 5.81. The van der Waals surface area contributed by atoms with Gasteiger partial charge in [0.05, 0.1) is 6.54 Å². The third-order valence-electron chi connectivity index (χ3n) is 5.81. The minimum absolute atomic E-state index is 0.0146. The number of unbranched alkanes of at least 4 members (excludes halogenated alkanes) is 1. The zero-order valence-corrected chi connectivity index (χ0v) is 17.6. The molecule has 1 aliphatic rings. The van der Waals surface area contributed by atoms with Crippen molar-refractivity contribution in [1.82, 2.24) is 25.5 Å². The highest BCUT2D eigenvalue weighted by Crippen LogP contribution is 2.21. The van der Waals surface area contributed by atoms with Crippen LogP contribution in [0.25, 0.3) is 0 Å². The Balaban J connectivity index is 1.28. The maximum absolute atomic E-state index is 12.3. The highest BCUT2D eigenvalue weighted by Gasteiger charge is 2.17. The first-order valence-electron chi connectivity index (χ1n) is 11.0. The van der Waals surface area contributed by atoms with Crippen molar-refractivity contribution in [3.63, 3.8) is 0 Å². The Labute approximate surface area is 174 Å². The zero-order valence-electron chi connectivity index (χ0n) is 17.6. The number of carbonyl (C=O) groups excluding carboxylic acids is 1. The summed E-state index contributed by atoms with van der Waals surface area (Å²) in [5.74, 6) is 0.937. The van der Waals surface area contributed by atoms with Crippen molar-refractivity contribution in [3.8, 4) is 0 Å². The topological polar surface area (TPSA) is 73.1 Å². The van der Waals surface area contributed by atoms with E-state index < -0.39 is 0 Å². The van der Waals surface area contributed by atoms with Gasteiger partial charge in [0.1, 0.15) is 5.82 Å². The molecule has 1 aliphatic carbocycles. The van der Waals surface area contributed by atoms with Crippen LogP contribution >= 0.6 is 0 Å². The summed E-state index contributed by atoms with van der Waals surface area (Å²) in [7, 11) is 2.25. The number of amides is 1. The lowest BCUT2D eigenvalue weighted by Crippen LogP contribution is -2.34. The lowest BCUT2D eigenvalue weighted by molar-refractivity contribution is 0.0952. The second-order valence-electron chi connectivity index (χ2n) is 8.07. The molecule has 6 heteroatoms. The molecule has 0 radical (unpaired) electrons. The molecule has 6 nitrogen and oxygen atoms in total. The van der Waals surface area contributed by atoms with Gasteiger partial charge < -0.3 is 20.5 Å². The van der Waals surface area contributed by atoms with E-state index in [4.69, 9.17) is 0 Å². The van der Waals surface area contributed by atoms with Crippen molar-refractivity contribution < 1.29 is 4.79 Å². The fourth-order valence-electron chi connectivity index (χ4n) is 3.99. The average Bonchev–Trinajstić information content (AvgIpc) is 3.28. The molecular weight excluding hydrogens is 362 g/mol. The lowest BCUT2D eigenvalue weighted by atomic mass is 9.94. The molecule has 1 fully saturated rings. The summed E-state index contributed by atoms with van der Waals surface area (Å²) in [6.45, 7) is 3.31. The summed E-state index contributed by atoms with van der Waals surface area (Å²) in [5.41, 5.74) is 1.87. The number of nitrogens with zero attached hydrogens (tertiary/aromatic N) is 2. The monoisotopic (exact) mass is 397 g/mol. The molecule has 0 saturated heterocycles. The van der Waals surface area contributed by atoms with Crippen molar-refractivity contribution in [1.29, 1.82) is 0 Å². The molecule has 3 rings (SSSR count). The Bertz CT molecular complexity index is 707. The number of aromatic nitrogens is 2. The SMILES string of the molecule is CN(CCCCNC(=O)c1ccc(CNCc2ncc[nH]2)cc1)C1CCCCC1. The number of aromatic amines is 1. The number of imidazole rings is 1. The van der Waals surface area contributed by atoms with Gasteiger partial charge in [0.2, 0.25) is 0 Å². The van der Waals surface area contributed by atoms with Gasteiger partial charge in [-0.05, 0) is 57.0 Å². The Hall–Kier alpha value is -2.18. The van der Waals surface area contributed by atoms with E-state index in [0.717, 1.165) is 55.5 Å². The van der Waals surface area contributed by atoms with Gasteiger partial charge in [-0.25, -0.2) is 4.98 Å². The molecule has 1 aromatic heterocycles. The first-order chi connectivity index (χ1) is 14.2. The van der Waals surface area contributed by atoms with Crippen LogP contribution in [0.3, 0.4) is 0 Å². The maximum Gasteiger partial charge on any atom is 0.251 e. The van der Waals surface area contributed by atoms with E-state index in [1.807, 2.05) is 30.5 Å². The molecule has 0 aliphatic heterocycles. The number of nitrogens with one attached hydrogen (secondary N) is 3. The number of benzene rings is 1. The first kappa shape index (κ1) is 21.5. The summed E-state index contributed by atoms with van der Waals surface area (Å²) in [6, 6.07) is 8.57. The van der Waals surface area contributed by atoms with Gasteiger partial charge in [-0.2, -0.15) is 0 Å². The average molecular weight is 398 g/mol. The van der Waals surface area contributed by atoms with Crippen LogP contribution < -0.4 is 10.6 Å². The lowest BCUT2D eigenvalue weighted by Gasteiger charge is -2.31. The molecule has 3 N–H and O–H groups in total. The summed E-state index contributed by atoms with van der Waals surface area (Å²) in [4.78, 5) is 22.1. The van der Waals surface area contributed by atoms with Gasteiger partial charge in [-0.3, -0.25) is 4.79 Å². The number of carbonyl (C=O) groups is 1. The van der Waals surface area contributed by atoms with Crippen molar-refractivity contribution in [2.45, 2.75) is 64.1 Å². The minimum atomic E-state index is 0.0146. The van der Waals surface area contributed by atoms with E-state index in [9.17, 15) is 4.79 Å². The normalized spacial score (nSPS) is 15.0. The fraction of sp³-hybridized carbons (Fsp3) is 0.565. The predicted octanol–water partition coefficient (Wildman–Crippen LogP) is 3.47. The fourth-order valence-corrected chi connectivity index (χ4v) is 3.99. The Morgan fingerprint density at radius 3 is 2.66 bits per heavy atom. The molecule has 2 aromatic rings. The van der Waals surface area contributed by atoms with Crippen LogP contribution in [0.1, 0.15) is 66.7 Å². The van der Waals surface area contributed by atoms with Crippen molar-refractivity contribution in [2.24, 2.45) is 0 Å². The minimum Gasteiger partial charge on any atom is -0.352 e. The van der Waals surface area contributed by atoms with Crippen LogP contribution in [0, 0.1) is 0 Å². The second-order valence-corrected chi connectivity index (χ2v) is 8.07. The van der Waals surface area contributed by atoms with Crippen molar-refractivity contribution in [3.05, 3.63) is 53.6 Å². The summed E-state index contributed by atoms with van der Waals surface area (Å²) >= 11 is 0. The van der Waals surface area contributed by atoms with Crippen LogP contribution in [0.5, 0.6) is 0 Å². The van der Waals surface area contributed by atoms with Crippen molar-refractivity contribution >= 4 is 5.91 Å². The zero-order chi connectivity index (χ0) is 20.3. The highest BCUT2D eigenvalue weighted by atomic mass is 16.1. The van der Waals surface area contributed by atoms with Gasteiger partial charge in [-0.15, -0.1) is 0 Å². The van der Waals surface area contributed by atoms with Crippen LogP contribution in [-0.2, 0) is 13.1 Å². The Kier molecular flexibility index (Phi) is 8.71. The van der Waals surface area contributed by atoms with Gasteiger partial charge >= 0.3 is 0 Å². The maximum atomic E-state index is 12.3. The number of hydrogen-bond acceptors (Lipinski definition) is 4. The third kappa shape index (κ3) is 7.29. The molecule has 0 spiro atoms. The smallest absolute Gasteiger partial charge is 0.251 e. The van der Waals surface area contributed by atoms with Crippen LogP contribution in [0.4, 0.5) is 0 Å². The standard InChI is InChI=1S/C23H35N5O/c1-28(21-7-3-2-4-8-21)16-6-5-13-27-23(29)20-11-9-19(10-12-20)17-24-18-22-25-14-15-26-22/h9-12,14-15,21,24H,2-8,13,16-18H2,1H3,(H,25,26)(H,27,29). The van der Waals surface area contributed by atoms with Gasteiger partial charge in [0.25, 0.3) is 5.91 Å². The van der Waals surface area contributed by atoms with Crippen LogP contribution in [0.15, 0.2) is 36.7 Å². The van der Waals surface area contributed by atoms with E-state index in [0.29, 0.717) is 6.54 Å². The Morgan fingerprint density at radius 1 is 1.14 bits per heavy atom. The van der Waals surface area contributed by atoms with Gasteiger partial charge in [0.15, 0.2) is 0 Å². The summed E-state index contributed by atoms with van der Waals surface area (Å²) in [5, 5.41) is 6.38. The molecule has 0 unspecified atom stereocenters. The quantitative estimate of drug-likeness (QED) is 0.508. The summed E-state index contributed by atoms with van der Waals surface area (Å²) < 4.78 is 0. The Morgan fingerprint density at radius 2 is 1.93 bits per heavy atom. The largest absolute Gasteiger partial charge is 0.352 e. The van der Waals surface area contributed by atoms with Gasteiger partial charge in [-0.1, -0.05) is 31.4 Å². The summed E-state index contributed by atoms with van der Waals surface area (Å²) in [6.07, 6.45) is 12.6. The number of rotatable bonds is 11. The molecule has 1 amide bonds. The highest BCUT2D eigenvalue weighted by molar-refractivity contribution is 5.94. The predicted molar refractivity (Wildman–Crippen MR) is 117 cm³/mol. The van der Waals surface area contributed by atoms with Crippen molar-refractivity contribution in [2.75, 3.05) is 20.1 Å². The molecule has 1 aromatic carbocycles. The molecule has 1 heterocycles. The number of hydrogen-bond donors (Lipinski definition) is 3. The second kappa shape index (κ2) is 11.7. The van der Waals surface area contributed by atoms with Gasteiger partial charge in [0, 0.05) is 37.1 Å². The van der Waals surface area contributed by atoms with E-state index in [1.165, 1.54) is 32.1 Å². The van der Waals surface area contributed by atoms with Crippen LogP contribution in [0.2, 0.25) is 0 Å². The molecule has 0 atom stereocenters. The molecule has 158 valence electrons. The molecule has 0 bridgehead atoms. The van der Waals surface area contributed by atoms with Crippen LogP contribution in [-0.4, -0.2) is 47.0 Å². The van der Waals surface area contributed by atoms with E-state index in [1.54, 1.807) is 6.20 Å².